The van der Waals surface area contributed by atoms with Crippen LogP contribution in [0.2, 0.25) is 0 Å². The number of rotatable bonds is 7. The van der Waals surface area contributed by atoms with E-state index in [1.54, 1.807) is 0 Å². The zero-order valence-electron chi connectivity index (χ0n) is 43.1. The molecule has 1 aliphatic rings. The average Bonchev–Trinajstić information content (AvgIpc) is 3.81. The summed E-state index contributed by atoms with van der Waals surface area (Å²) < 4.78 is 9.32. The molecule has 0 fully saturated rings. The van der Waals surface area contributed by atoms with E-state index in [1.807, 2.05) is 6.20 Å². The van der Waals surface area contributed by atoms with Crippen molar-refractivity contribution in [2.24, 2.45) is 10.8 Å². The summed E-state index contributed by atoms with van der Waals surface area (Å²) in [6.07, 6.45) is 1.93. The van der Waals surface area contributed by atoms with Crippen LogP contribution in [0.1, 0.15) is 146 Å². The van der Waals surface area contributed by atoms with Crippen molar-refractivity contribution in [3.05, 3.63) is 173 Å². The van der Waals surface area contributed by atoms with Gasteiger partial charge in [0.15, 0.2) is 0 Å². The van der Waals surface area contributed by atoms with Crippen molar-refractivity contribution in [3.63, 3.8) is 0 Å². The molecule has 0 N–H and O–H groups in total. The third kappa shape index (κ3) is 9.78. The smallest absolute Gasteiger partial charge is 0.135 e. The predicted octanol–water partition coefficient (Wildman–Crippen LogP) is 16.5. The molecule has 3 heterocycles. The van der Waals surface area contributed by atoms with E-state index in [0.29, 0.717) is 11.5 Å². The second-order valence-electron chi connectivity index (χ2n) is 24.1. The van der Waals surface area contributed by atoms with Crippen molar-refractivity contribution in [2.45, 2.75) is 139 Å². The van der Waals surface area contributed by atoms with E-state index in [4.69, 9.17) is 9.72 Å². The van der Waals surface area contributed by atoms with Gasteiger partial charge >= 0.3 is 0 Å². The number of aromatic nitrogens is 2. The molecule has 1 aliphatic heterocycles. The van der Waals surface area contributed by atoms with Gasteiger partial charge in [-0.15, -0.1) is 53.6 Å². The summed E-state index contributed by atoms with van der Waals surface area (Å²) in [7, 11) is 0. The van der Waals surface area contributed by atoms with Crippen LogP contribution in [0.5, 0.6) is 11.5 Å². The molecule has 5 nitrogen and oxygen atoms in total. The summed E-state index contributed by atoms with van der Waals surface area (Å²) in [4.78, 5) is 9.76. The molecule has 67 heavy (non-hydrogen) atoms. The van der Waals surface area contributed by atoms with Crippen molar-refractivity contribution in [1.82, 2.24) is 9.55 Å². The van der Waals surface area contributed by atoms with Gasteiger partial charge in [-0.2, -0.15) is 6.07 Å². The maximum absolute atomic E-state index is 7.07. The Morgan fingerprint density at radius 3 is 1.70 bits per heavy atom. The summed E-state index contributed by atoms with van der Waals surface area (Å²) in [5, 5.41) is 2.27. The van der Waals surface area contributed by atoms with Crippen molar-refractivity contribution in [3.8, 4) is 17.3 Å². The number of nitrogens with zero attached hydrogens (tertiary/aromatic N) is 4. The second kappa shape index (κ2) is 17.4. The number of fused-ring (bicyclic) bond motifs is 3. The summed E-state index contributed by atoms with van der Waals surface area (Å²) in [5.74, 6) is 2.09. The van der Waals surface area contributed by atoms with Crippen LogP contribution in [0.25, 0.3) is 27.6 Å². The van der Waals surface area contributed by atoms with Gasteiger partial charge in [0.25, 0.3) is 0 Å². The molecule has 0 aliphatic carbocycles. The first-order chi connectivity index (χ1) is 30.6. The zero-order valence-corrected chi connectivity index (χ0v) is 45.3. The first kappa shape index (κ1) is 49.8. The van der Waals surface area contributed by atoms with Gasteiger partial charge in [-0.1, -0.05) is 178 Å². The third-order valence-electron chi connectivity index (χ3n) is 13.2. The van der Waals surface area contributed by atoms with Crippen molar-refractivity contribution < 1.29 is 25.8 Å². The molecule has 6 heteroatoms. The normalized spacial score (nSPS) is 14.3. The molecular weight excluding hydrogens is 1000 g/mol. The fourth-order valence-corrected chi connectivity index (χ4v) is 9.30. The number of benzene rings is 5. The van der Waals surface area contributed by atoms with Gasteiger partial charge in [0.1, 0.15) is 5.82 Å². The minimum Gasteiger partial charge on any atom is -0.509 e. The molecule has 0 unspecified atom stereocenters. The summed E-state index contributed by atoms with van der Waals surface area (Å²) in [6, 6.07) is 47.3. The van der Waals surface area contributed by atoms with Crippen LogP contribution < -0.4 is 14.5 Å². The number of hydrogen-bond acceptors (Lipinski definition) is 4. The quantitative estimate of drug-likeness (QED) is 0.149. The number of allylic oxidation sites excluding steroid dienone is 2. The summed E-state index contributed by atoms with van der Waals surface area (Å²) in [5.41, 5.74) is 11.9. The van der Waals surface area contributed by atoms with Gasteiger partial charge in [0.2, 0.25) is 0 Å². The fraction of sp³-hybridized carbons (Fsp3) is 0.377. The second-order valence-corrected chi connectivity index (χ2v) is 24.1. The van der Waals surface area contributed by atoms with Crippen LogP contribution in [-0.4, -0.2) is 9.55 Å². The summed E-state index contributed by atoms with van der Waals surface area (Å²) >= 11 is 0. The Balaban J connectivity index is 0.00000666. The maximum atomic E-state index is 7.07. The van der Waals surface area contributed by atoms with Gasteiger partial charge in [-0.05, 0) is 79.6 Å². The molecule has 354 valence electrons. The molecule has 0 saturated carbocycles. The van der Waals surface area contributed by atoms with Crippen LogP contribution in [0.15, 0.2) is 127 Å². The minimum atomic E-state index is -0.364. The third-order valence-corrected chi connectivity index (χ3v) is 13.2. The molecule has 0 saturated heterocycles. The molecule has 0 atom stereocenters. The maximum Gasteiger partial charge on any atom is 0.135 e. The van der Waals surface area contributed by atoms with Crippen LogP contribution in [0.4, 0.5) is 11.4 Å². The molecular formula is C61H71N4OPt-3. The Hall–Kier alpha value is -5.12. The van der Waals surface area contributed by atoms with Crippen LogP contribution in [-0.2, 0) is 42.7 Å². The standard InChI is InChI=1S/C61H71N4O.Pt/c1-56(2,3)41-24-21-25-45(32-41)63-39-64(55(60(13,14)15)54(63)59(10,11)12)46-33-44(61(16,17)40-22-19-18-20-23-40)34-48(37-46)66-47-27-28-49-50-35-42(57(4,5)6)26-29-51(50)65(52(49)38-47)53-36-43(30-31-62-53)58(7,8)9;/h18-36,39H,1-17H3;/q-3;. The molecule has 5 aromatic carbocycles. The van der Waals surface area contributed by atoms with Gasteiger partial charge in [0, 0.05) is 72.2 Å². The van der Waals surface area contributed by atoms with E-state index >= 15 is 0 Å². The Morgan fingerprint density at radius 1 is 0.478 bits per heavy atom. The van der Waals surface area contributed by atoms with E-state index in [1.165, 1.54) is 39.0 Å². The Morgan fingerprint density at radius 2 is 1.07 bits per heavy atom. The van der Waals surface area contributed by atoms with Crippen LogP contribution >= 0.6 is 0 Å². The van der Waals surface area contributed by atoms with Crippen molar-refractivity contribution in [1.29, 1.82) is 0 Å². The van der Waals surface area contributed by atoms with Crippen molar-refractivity contribution in [2.75, 3.05) is 9.80 Å². The SMILES string of the molecule is CC(C)(C)C1=C(C(C)(C)C)N(c2cccc(C(C)(C)C)c2)[CH-]N1c1[c-]c(Oc2[c-]c3c(cc2)c2cc(C(C)(C)C)ccc2n3-c2cc(C(C)(C)C)ccn2)cc(C(C)(C)c2ccccc2)c1.[Pt]. The fourth-order valence-electron chi connectivity index (χ4n) is 9.30. The molecule has 0 bridgehead atoms. The summed E-state index contributed by atoms with van der Waals surface area (Å²) in [6.45, 7) is 41.2. The number of pyridine rings is 1. The topological polar surface area (TPSA) is 33.5 Å². The zero-order chi connectivity index (χ0) is 47.9. The van der Waals surface area contributed by atoms with Gasteiger partial charge in [-0.3, -0.25) is 0 Å². The van der Waals surface area contributed by atoms with Crippen LogP contribution in [0, 0.1) is 29.6 Å². The molecule has 7 aromatic rings. The van der Waals surface area contributed by atoms with Gasteiger partial charge in [-0.25, -0.2) is 4.98 Å². The number of ether oxygens (including phenoxy) is 1. The Labute approximate surface area is 416 Å². The van der Waals surface area contributed by atoms with E-state index in [2.05, 4.69) is 260 Å². The monoisotopic (exact) mass is 1070 g/mol. The first-order valence-electron chi connectivity index (χ1n) is 23.7. The molecule has 8 rings (SSSR count). The van der Waals surface area contributed by atoms with Crippen molar-refractivity contribution >= 4 is 33.2 Å². The van der Waals surface area contributed by atoms with E-state index < -0.39 is 0 Å². The molecule has 0 amide bonds. The molecule has 2 aromatic heterocycles. The average molecular weight is 1070 g/mol. The van der Waals surface area contributed by atoms with Gasteiger partial charge in [0.05, 0.1) is 0 Å². The number of hydrogen-bond donors (Lipinski definition) is 0. The van der Waals surface area contributed by atoms with Gasteiger partial charge < -0.3 is 19.1 Å². The Bertz CT molecular complexity index is 2970. The Kier molecular flexibility index (Phi) is 13.0. The first-order valence-corrected chi connectivity index (χ1v) is 23.7. The number of anilines is 2. The van der Waals surface area contributed by atoms with E-state index in [-0.39, 0.29) is 53.6 Å². The largest absolute Gasteiger partial charge is 0.509 e. The van der Waals surface area contributed by atoms with Crippen LogP contribution in [0.3, 0.4) is 0 Å². The predicted molar refractivity (Wildman–Crippen MR) is 279 cm³/mol. The molecule has 0 spiro atoms. The molecule has 0 radical (unpaired) electrons. The minimum absolute atomic E-state index is 0. The van der Waals surface area contributed by atoms with E-state index in [0.717, 1.165) is 39.2 Å². The van der Waals surface area contributed by atoms with E-state index in [9.17, 15) is 0 Å².